The summed E-state index contributed by atoms with van der Waals surface area (Å²) in [6.07, 6.45) is 4.10. The molecule has 1 N–H and O–H groups in total. The molecule has 2 fully saturated rings. The minimum atomic E-state index is -1.37. The topological polar surface area (TPSA) is 81.9 Å². The van der Waals surface area contributed by atoms with Gasteiger partial charge in [-0.1, -0.05) is 42.5 Å². The summed E-state index contributed by atoms with van der Waals surface area (Å²) in [5, 5.41) is 22.6. The van der Waals surface area contributed by atoms with Crippen LogP contribution in [0, 0.1) is 17.2 Å². The van der Waals surface area contributed by atoms with Crippen molar-refractivity contribution in [3.63, 3.8) is 0 Å². The van der Waals surface area contributed by atoms with Gasteiger partial charge in [0, 0.05) is 44.6 Å². The van der Waals surface area contributed by atoms with E-state index in [4.69, 9.17) is 9.47 Å². The molecule has 3 aliphatic rings. The number of likely N-dealkylation sites (N-methyl/N-ethyl adjacent to an activating group) is 1. The molecule has 190 valence electrons. The molecule has 0 radical (unpaired) electrons. The van der Waals surface area contributed by atoms with E-state index in [-0.39, 0.29) is 11.8 Å². The highest BCUT2D eigenvalue weighted by molar-refractivity contribution is 5.58. The van der Waals surface area contributed by atoms with Crippen molar-refractivity contribution in [3.05, 3.63) is 89.2 Å². The van der Waals surface area contributed by atoms with Crippen molar-refractivity contribution < 1.29 is 14.6 Å². The highest BCUT2D eigenvalue weighted by Crippen LogP contribution is 2.70. The molecule has 4 atom stereocenters. The zero-order valence-electron chi connectivity index (χ0n) is 21.3. The van der Waals surface area contributed by atoms with E-state index in [1.165, 1.54) is 0 Å². The van der Waals surface area contributed by atoms with Gasteiger partial charge in [-0.2, -0.15) is 5.26 Å². The summed E-state index contributed by atoms with van der Waals surface area (Å²) >= 11 is 0. The van der Waals surface area contributed by atoms with Crippen LogP contribution in [0.1, 0.15) is 34.6 Å². The van der Waals surface area contributed by atoms with Crippen LogP contribution in [0.5, 0.6) is 11.5 Å². The van der Waals surface area contributed by atoms with Crippen LogP contribution in [0.25, 0.3) is 0 Å². The molecule has 7 nitrogen and oxygen atoms in total. The summed E-state index contributed by atoms with van der Waals surface area (Å²) in [7, 11) is 3.77. The first kappa shape index (κ1) is 23.9. The molecule has 6 rings (SSSR count). The van der Waals surface area contributed by atoms with Gasteiger partial charge in [0.25, 0.3) is 0 Å². The Morgan fingerprint density at radius 2 is 1.81 bits per heavy atom. The van der Waals surface area contributed by atoms with E-state index in [1.54, 1.807) is 19.5 Å². The molecule has 0 bridgehead atoms. The maximum atomic E-state index is 13.2. The molecule has 0 spiro atoms. The number of rotatable bonds is 5. The van der Waals surface area contributed by atoms with Crippen molar-refractivity contribution >= 4 is 0 Å². The normalized spacial score (nSPS) is 29.2. The predicted octanol–water partition coefficient (Wildman–Crippen LogP) is 3.49. The number of methoxy groups -OCH3 is 1. The first-order valence-electron chi connectivity index (χ1n) is 12.9. The summed E-state index contributed by atoms with van der Waals surface area (Å²) in [4.78, 5) is 9.17. The van der Waals surface area contributed by atoms with Crippen LogP contribution in [-0.4, -0.2) is 66.8 Å². The van der Waals surface area contributed by atoms with Crippen LogP contribution < -0.4 is 9.47 Å². The number of nitrogens with zero attached hydrogens (tertiary/aromatic N) is 4. The first-order chi connectivity index (χ1) is 18.0. The van der Waals surface area contributed by atoms with Gasteiger partial charge in [-0.15, -0.1) is 0 Å². The summed E-state index contributed by atoms with van der Waals surface area (Å²) in [5.41, 5.74) is 0.744. The average molecular weight is 497 g/mol. The van der Waals surface area contributed by atoms with Crippen LogP contribution in [0.4, 0.5) is 0 Å². The monoisotopic (exact) mass is 496 g/mol. The zero-order chi connectivity index (χ0) is 25.6. The lowest BCUT2D eigenvalue weighted by Gasteiger charge is -2.43. The molecule has 1 aromatic heterocycles. The summed E-state index contributed by atoms with van der Waals surface area (Å²) in [6, 6.07) is 20.0. The number of nitriles is 1. The van der Waals surface area contributed by atoms with Crippen LogP contribution >= 0.6 is 0 Å². The van der Waals surface area contributed by atoms with Gasteiger partial charge in [0.2, 0.25) is 0 Å². The number of ether oxygens (including phenoxy) is 2. The fourth-order valence-electron chi connectivity index (χ4n) is 6.81. The van der Waals surface area contributed by atoms with Crippen molar-refractivity contribution in [1.29, 1.82) is 5.26 Å². The van der Waals surface area contributed by atoms with Gasteiger partial charge >= 0.3 is 0 Å². The Balaban J connectivity index is 1.56. The molecular formula is C30H32N4O3. The molecule has 2 aromatic carbocycles. The second-order valence-electron chi connectivity index (χ2n) is 10.5. The molecule has 2 aliphatic heterocycles. The second kappa shape index (κ2) is 9.14. The van der Waals surface area contributed by atoms with Gasteiger partial charge in [0.1, 0.15) is 17.1 Å². The van der Waals surface area contributed by atoms with E-state index in [2.05, 4.69) is 40.0 Å². The van der Waals surface area contributed by atoms with E-state index in [0.29, 0.717) is 22.6 Å². The lowest BCUT2D eigenvalue weighted by molar-refractivity contribution is -0.132. The number of hydrogen-bond donors (Lipinski definition) is 1. The molecule has 1 saturated heterocycles. The largest absolute Gasteiger partial charge is 0.495 e. The number of fused-ring (bicyclic) bond motifs is 3. The fraction of sp³-hybridized carbons (Fsp3) is 0.400. The third-order valence-corrected chi connectivity index (χ3v) is 8.64. The first-order valence-corrected chi connectivity index (χ1v) is 12.9. The fourth-order valence-corrected chi connectivity index (χ4v) is 6.81. The van der Waals surface area contributed by atoms with Gasteiger partial charge in [-0.05, 0) is 36.7 Å². The van der Waals surface area contributed by atoms with Crippen molar-refractivity contribution in [2.75, 3.05) is 46.9 Å². The number of benzene rings is 2. The van der Waals surface area contributed by atoms with Crippen LogP contribution in [0.15, 0.2) is 67.0 Å². The number of hydrogen-bond acceptors (Lipinski definition) is 7. The van der Waals surface area contributed by atoms with Crippen LogP contribution in [-0.2, 0) is 11.2 Å². The van der Waals surface area contributed by atoms with E-state index in [9.17, 15) is 10.4 Å². The smallest absolute Gasteiger partial charge is 0.174 e. The maximum Gasteiger partial charge on any atom is 0.174 e. The van der Waals surface area contributed by atoms with Crippen molar-refractivity contribution in [3.8, 4) is 17.6 Å². The molecule has 0 amide bonds. The van der Waals surface area contributed by atoms with Crippen molar-refractivity contribution in [1.82, 2.24) is 14.8 Å². The molecule has 37 heavy (non-hydrogen) atoms. The quantitative estimate of drug-likeness (QED) is 0.579. The Morgan fingerprint density at radius 3 is 2.49 bits per heavy atom. The van der Waals surface area contributed by atoms with E-state index < -0.39 is 11.2 Å². The zero-order valence-corrected chi connectivity index (χ0v) is 21.3. The lowest BCUT2D eigenvalue weighted by atomic mass is 9.70. The second-order valence-corrected chi connectivity index (χ2v) is 10.5. The summed E-state index contributed by atoms with van der Waals surface area (Å²) in [6.45, 7) is 4.69. The Labute approximate surface area is 217 Å². The third-order valence-electron chi connectivity index (χ3n) is 8.64. The summed E-state index contributed by atoms with van der Waals surface area (Å²) in [5.74, 6) is 0.846. The standard InChI is InChI=1S/C30H32N4O3/c1-33-12-14-34(15-13-33)20-24-16-25(22-6-4-3-5-7-22)30(23-10-8-21(17-31)9-11-23)29(24,35)28-26(36-2)18-32-19-27(28)37-30/h3-11,18-19,24-25,35H,12-16,20H2,1-2H3. The minimum Gasteiger partial charge on any atom is -0.495 e. The number of aromatic nitrogens is 1. The molecule has 3 aromatic rings. The van der Waals surface area contributed by atoms with Gasteiger partial charge in [0.05, 0.1) is 36.7 Å². The molecule has 1 aliphatic carbocycles. The van der Waals surface area contributed by atoms with E-state index in [0.717, 1.165) is 50.3 Å². The van der Waals surface area contributed by atoms with Gasteiger partial charge in [-0.3, -0.25) is 4.98 Å². The number of piperazine rings is 1. The molecule has 7 heteroatoms. The predicted molar refractivity (Wildman–Crippen MR) is 139 cm³/mol. The van der Waals surface area contributed by atoms with E-state index in [1.807, 2.05) is 42.5 Å². The SMILES string of the molecule is COc1cncc2c1C1(O)C(CN3CCN(C)CC3)CC(c3ccccc3)C1(c1ccc(C#N)cc1)O2. The van der Waals surface area contributed by atoms with Gasteiger partial charge in [0.15, 0.2) is 5.60 Å². The number of aliphatic hydroxyl groups is 1. The number of pyridine rings is 1. The highest BCUT2D eigenvalue weighted by atomic mass is 16.5. The van der Waals surface area contributed by atoms with Crippen molar-refractivity contribution in [2.45, 2.75) is 23.5 Å². The Morgan fingerprint density at radius 1 is 1.08 bits per heavy atom. The molecule has 3 heterocycles. The average Bonchev–Trinajstić information content (AvgIpc) is 3.35. The van der Waals surface area contributed by atoms with Crippen LogP contribution in [0.2, 0.25) is 0 Å². The minimum absolute atomic E-state index is 0.116. The Bertz CT molecular complexity index is 1320. The molecular weight excluding hydrogens is 464 g/mol. The Kier molecular flexibility index (Phi) is 5.91. The highest BCUT2D eigenvalue weighted by Gasteiger charge is 2.73. The van der Waals surface area contributed by atoms with Crippen molar-refractivity contribution in [2.24, 2.45) is 5.92 Å². The van der Waals surface area contributed by atoms with Crippen LogP contribution in [0.3, 0.4) is 0 Å². The maximum absolute atomic E-state index is 13.2. The van der Waals surface area contributed by atoms with Gasteiger partial charge in [-0.25, -0.2) is 0 Å². The van der Waals surface area contributed by atoms with Gasteiger partial charge < -0.3 is 24.4 Å². The molecule has 1 saturated carbocycles. The lowest BCUT2D eigenvalue weighted by Crippen LogP contribution is -2.53. The summed E-state index contributed by atoms with van der Waals surface area (Å²) < 4.78 is 12.7. The third kappa shape index (κ3) is 3.55. The molecule has 4 unspecified atom stereocenters. The Hall–Kier alpha value is -3.44. The van der Waals surface area contributed by atoms with E-state index >= 15 is 0 Å².